The van der Waals surface area contributed by atoms with E-state index < -0.39 is 0 Å². The van der Waals surface area contributed by atoms with Gasteiger partial charge in [-0.05, 0) is 56.3 Å². The molecule has 0 spiro atoms. The van der Waals surface area contributed by atoms with E-state index in [0.717, 1.165) is 32.4 Å². The molecule has 138 valence electrons. The van der Waals surface area contributed by atoms with Crippen molar-refractivity contribution in [3.05, 3.63) is 40.3 Å². The second-order valence-corrected chi connectivity index (χ2v) is 5.50. The van der Waals surface area contributed by atoms with Crippen molar-refractivity contribution < 1.29 is 9.90 Å². The summed E-state index contributed by atoms with van der Waals surface area (Å²) in [4.78, 5) is 14.8. The molecule has 0 aliphatic rings. The molecule has 1 rings (SSSR count). The van der Waals surface area contributed by atoms with Crippen LogP contribution in [0.15, 0.2) is 29.5 Å². The maximum absolute atomic E-state index is 12.0. The van der Waals surface area contributed by atoms with E-state index >= 15 is 0 Å². The van der Waals surface area contributed by atoms with Crippen molar-refractivity contribution in [1.29, 1.82) is 0 Å². The number of nitrogens with two attached hydrogens (primary N) is 1. The maximum atomic E-state index is 12.0. The smallest absolute Gasteiger partial charge is 0.255 e. The molecule has 1 aromatic carbocycles. The molecule has 9 heteroatoms. The van der Waals surface area contributed by atoms with E-state index in [9.17, 15) is 9.90 Å². The van der Waals surface area contributed by atoms with E-state index in [-0.39, 0.29) is 17.2 Å². The monoisotopic (exact) mass is 349 g/mol. The van der Waals surface area contributed by atoms with Gasteiger partial charge in [0, 0.05) is 0 Å². The van der Waals surface area contributed by atoms with Crippen molar-refractivity contribution in [2.45, 2.75) is 19.3 Å². The first kappa shape index (κ1) is 20.6. The highest BCUT2D eigenvalue weighted by Gasteiger charge is 2.11. The molecular formula is C16H27N7O2. The van der Waals surface area contributed by atoms with Gasteiger partial charge in [0.1, 0.15) is 12.3 Å². The van der Waals surface area contributed by atoms with Crippen LogP contribution in [-0.4, -0.2) is 55.3 Å². The fraction of sp³-hybridized carbons (Fsp3) is 0.562. The van der Waals surface area contributed by atoms with Gasteiger partial charge in [-0.2, -0.15) is 4.91 Å². The normalized spacial score (nSPS) is 10.1. The molecule has 0 atom stereocenters. The molecular weight excluding hydrogens is 322 g/mol. The Morgan fingerprint density at radius 2 is 1.96 bits per heavy atom. The number of benzene rings is 1. The predicted molar refractivity (Wildman–Crippen MR) is 96.9 cm³/mol. The first-order chi connectivity index (χ1) is 12.2. The summed E-state index contributed by atoms with van der Waals surface area (Å²) < 4.78 is 0. The number of hydrogen-bond acceptors (Lipinski definition) is 5. The highest BCUT2D eigenvalue weighted by atomic mass is 16.3. The number of hydrogen-bond donors (Lipinski definition) is 4. The number of carbonyl (C=O) groups excluding carboxylic acids is 1. The van der Waals surface area contributed by atoms with Gasteiger partial charge in [0.2, 0.25) is 0 Å². The molecule has 5 N–H and O–H groups in total. The van der Waals surface area contributed by atoms with Gasteiger partial charge >= 0.3 is 0 Å². The van der Waals surface area contributed by atoms with Crippen LogP contribution in [0.1, 0.15) is 29.6 Å². The third-order valence-electron chi connectivity index (χ3n) is 3.55. The number of phenolic OH excluding ortho intramolecular Hbond substituents is 1. The molecule has 0 saturated heterocycles. The van der Waals surface area contributed by atoms with Crippen molar-refractivity contribution in [1.82, 2.24) is 15.6 Å². The van der Waals surface area contributed by atoms with Crippen LogP contribution < -0.4 is 16.4 Å². The van der Waals surface area contributed by atoms with Crippen molar-refractivity contribution in [3.63, 3.8) is 0 Å². The van der Waals surface area contributed by atoms with E-state index in [1.165, 1.54) is 6.07 Å². The van der Waals surface area contributed by atoms with Crippen LogP contribution in [0.2, 0.25) is 0 Å². The lowest BCUT2D eigenvalue weighted by Crippen LogP contribution is -2.33. The van der Waals surface area contributed by atoms with E-state index in [1.807, 2.05) is 0 Å². The van der Waals surface area contributed by atoms with Crippen LogP contribution in [0.4, 0.5) is 0 Å². The Labute approximate surface area is 147 Å². The molecule has 0 radical (unpaired) electrons. The highest BCUT2D eigenvalue weighted by molar-refractivity contribution is 5.96. The predicted octanol–water partition coefficient (Wildman–Crippen LogP) is 1.37. The maximum Gasteiger partial charge on any atom is 0.255 e. The SMILES string of the molecule is [N-]=[N+]=NN(CCCCNCCCN)CCNC(=O)c1ccccc1O. The molecule has 0 aliphatic carbocycles. The topological polar surface area (TPSA) is 139 Å². The Bertz CT molecular complexity index is 561. The Morgan fingerprint density at radius 3 is 2.68 bits per heavy atom. The summed E-state index contributed by atoms with van der Waals surface area (Å²) in [6.45, 7) is 3.84. The first-order valence-corrected chi connectivity index (χ1v) is 8.46. The number of aromatic hydroxyl groups is 1. The van der Waals surface area contributed by atoms with E-state index in [2.05, 4.69) is 20.8 Å². The molecule has 0 unspecified atom stereocenters. The molecule has 0 aromatic heterocycles. The number of amides is 1. The molecule has 1 aromatic rings. The van der Waals surface area contributed by atoms with Gasteiger partial charge in [-0.25, -0.2) is 5.01 Å². The molecule has 0 fully saturated rings. The summed E-state index contributed by atoms with van der Waals surface area (Å²) >= 11 is 0. The summed E-state index contributed by atoms with van der Waals surface area (Å²) in [7, 11) is 0. The Kier molecular flexibility index (Phi) is 10.6. The minimum absolute atomic E-state index is 0.0611. The largest absolute Gasteiger partial charge is 0.507 e. The van der Waals surface area contributed by atoms with E-state index in [4.69, 9.17) is 11.3 Å². The number of carbonyl (C=O) groups is 1. The second kappa shape index (κ2) is 12.9. The second-order valence-electron chi connectivity index (χ2n) is 5.50. The summed E-state index contributed by atoms with van der Waals surface area (Å²) in [6.07, 6.45) is 2.80. The average molecular weight is 349 g/mol. The number of phenols is 1. The number of nitrogens with zero attached hydrogens (tertiary/aromatic N) is 4. The lowest BCUT2D eigenvalue weighted by molar-refractivity contribution is 0.0945. The van der Waals surface area contributed by atoms with Crippen molar-refractivity contribution >= 4 is 5.91 Å². The van der Waals surface area contributed by atoms with Gasteiger partial charge in [0.15, 0.2) is 0 Å². The molecule has 25 heavy (non-hydrogen) atoms. The zero-order chi connectivity index (χ0) is 18.3. The first-order valence-electron chi connectivity index (χ1n) is 8.46. The number of rotatable bonds is 13. The van der Waals surface area contributed by atoms with E-state index in [0.29, 0.717) is 26.2 Å². The molecule has 0 bridgehead atoms. The third kappa shape index (κ3) is 8.80. The van der Waals surface area contributed by atoms with Crippen LogP contribution in [-0.2, 0) is 0 Å². The van der Waals surface area contributed by atoms with Crippen molar-refractivity contribution in [3.8, 4) is 5.75 Å². The van der Waals surface area contributed by atoms with E-state index in [1.54, 1.807) is 23.2 Å². The summed E-state index contributed by atoms with van der Waals surface area (Å²) in [5.74, 6) is -0.419. The Balaban J connectivity index is 2.25. The number of nitrogens with one attached hydrogen (secondary N) is 2. The minimum Gasteiger partial charge on any atom is -0.507 e. The zero-order valence-corrected chi connectivity index (χ0v) is 14.4. The van der Waals surface area contributed by atoms with Gasteiger partial charge in [0.25, 0.3) is 5.91 Å². The lowest BCUT2D eigenvalue weighted by atomic mass is 10.2. The van der Waals surface area contributed by atoms with Gasteiger partial charge in [-0.3, -0.25) is 4.79 Å². The summed E-state index contributed by atoms with van der Waals surface area (Å²) in [6, 6.07) is 6.35. The molecule has 0 saturated carbocycles. The molecule has 9 nitrogen and oxygen atoms in total. The Hall–Kier alpha value is -2.48. The fourth-order valence-electron chi connectivity index (χ4n) is 2.21. The molecule has 0 heterocycles. The average Bonchev–Trinajstić information content (AvgIpc) is 2.61. The van der Waals surface area contributed by atoms with Crippen LogP contribution in [0.5, 0.6) is 5.75 Å². The van der Waals surface area contributed by atoms with Crippen LogP contribution >= 0.6 is 0 Å². The third-order valence-corrected chi connectivity index (χ3v) is 3.55. The summed E-state index contributed by atoms with van der Waals surface area (Å²) in [5.41, 5.74) is 14.3. The minimum atomic E-state index is -0.358. The van der Waals surface area contributed by atoms with Gasteiger partial charge in [-0.15, -0.1) is 5.53 Å². The molecule has 1 amide bonds. The van der Waals surface area contributed by atoms with Gasteiger partial charge < -0.3 is 21.5 Å². The molecule has 0 aliphatic heterocycles. The fourth-order valence-corrected chi connectivity index (χ4v) is 2.21. The number of unbranched alkanes of at least 4 members (excludes halogenated alkanes) is 1. The standard InChI is InChI=1S/C16H27N7O2/c17-8-5-10-19-9-3-4-12-23(22-21-18)13-11-20-16(25)14-6-1-2-7-15(14)24/h1-2,6-7,19,24H,3-5,8-13,17H2,(H,20,25). The lowest BCUT2D eigenvalue weighted by Gasteiger charge is -2.14. The Morgan fingerprint density at radius 1 is 1.20 bits per heavy atom. The van der Waals surface area contributed by atoms with Crippen LogP contribution in [0.3, 0.4) is 0 Å². The van der Waals surface area contributed by atoms with Crippen molar-refractivity contribution in [2.24, 2.45) is 11.0 Å². The zero-order valence-electron chi connectivity index (χ0n) is 14.4. The van der Waals surface area contributed by atoms with Crippen LogP contribution in [0.25, 0.3) is 10.4 Å². The van der Waals surface area contributed by atoms with Gasteiger partial charge in [-0.1, -0.05) is 12.1 Å². The number of azide groups is 1. The van der Waals surface area contributed by atoms with Crippen LogP contribution in [0, 0.1) is 0 Å². The van der Waals surface area contributed by atoms with Crippen molar-refractivity contribution in [2.75, 3.05) is 39.3 Å². The van der Waals surface area contributed by atoms with Gasteiger partial charge in [0.05, 0.1) is 18.7 Å². The quantitative estimate of drug-likeness (QED) is 0.140. The number of para-hydroxylation sites is 1. The summed E-state index contributed by atoms with van der Waals surface area (Å²) in [5, 5.41) is 20.9. The highest BCUT2D eigenvalue weighted by Crippen LogP contribution is 2.14.